The third-order valence-electron chi connectivity index (χ3n) is 4.27. The molecule has 22 heavy (non-hydrogen) atoms. The van der Waals surface area contributed by atoms with Crippen molar-refractivity contribution in [2.75, 3.05) is 28.4 Å². The molecular weight excluding hydrogens is 352 g/mol. The molecule has 1 heterocycles. The molecule has 0 saturated carbocycles. The maximum atomic E-state index is 5.94. The normalized spacial score (nSPS) is 43.6. The van der Waals surface area contributed by atoms with Gasteiger partial charge in [0, 0.05) is 28.4 Å². The van der Waals surface area contributed by atoms with Crippen LogP contribution in [-0.2, 0) is 17.7 Å². The molecule has 0 aromatic carbocycles. The number of rotatable bonds is 6. The van der Waals surface area contributed by atoms with Crippen LogP contribution in [0.5, 0.6) is 0 Å². The van der Waals surface area contributed by atoms with Crippen molar-refractivity contribution < 1.29 is 17.7 Å². The lowest BCUT2D eigenvalue weighted by atomic mass is 11.0. The minimum atomic E-state index is -2.41. The largest absolute Gasteiger partial charge is 0.396 e. The van der Waals surface area contributed by atoms with Gasteiger partial charge in [-0.3, -0.25) is 18.6 Å². The summed E-state index contributed by atoms with van der Waals surface area (Å²) in [5.41, 5.74) is 0. The van der Waals surface area contributed by atoms with Crippen LogP contribution in [0.4, 0.5) is 0 Å². The van der Waals surface area contributed by atoms with Crippen LogP contribution in [0.2, 0.25) is 25.2 Å². The minimum absolute atomic E-state index is 0.863. The van der Waals surface area contributed by atoms with Crippen molar-refractivity contribution in [3.63, 3.8) is 0 Å². The molecule has 12 heteroatoms. The van der Waals surface area contributed by atoms with Gasteiger partial charge in [-0.2, -0.15) is 0 Å². The molecule has 1 fully saturated rings. The zero-order chi connectivity index (χ0) is 17.1. The molecular formula is C10H32N4O4Si4. The molecule has 0 spiro atoms. The summed E-state index contributed by atoms with van der Waals surface area (Å²) in [5.74, 6) is 0. The van der Waals surface area contributed by atoms with Gasteiger partial charge in [-0.25, -0.2) is 0 Å². The summed E-state index contributed by atoms with van der Waals surface area (Å²) in [6.07, 6.45) is 0. The van der Waals surface area contributed by atoms with Crippen LogP contribution < -0.4 is 18.6 Å². The third kappa shape index (κ3) is 4.34. The van der Waals surface area contributed by atoms with E-state index in [0.717, 1.165) is 12.1 Å². The highest BCUT2D eigenvalue weighted by Gasteiger charge is 2.57. The van der Waals surface area contributed by atoms with Gasteiger partial charge in [0.2, 0.25) is 0 Å². The Kier molecular flexibility index (Phi) is 7.13. The predicted octanol–water partition coefficient (Wildman–Crippen LogP) is -0.001000. The summed E-state index contributed by atoms with van der Waals surface area (Å²) in [4.78, 5) is 0. The van der Waals surface area contributed by atoms with E-state index in [1.165, 1.54) is 0 Å². The number of hydrogen-bond donors (Lipinski definition) is 4. The van der Waals surface area contributed by atoms with Crippen molar-refractivity contribution in [1.29, 1.82) is 0 Å². The van der Waals surface area contributed by atoms with Gasteiger partial charge in [-0.1, -0.05) is 13.8 Å². The Balaban J connectivity index is 3.32. The first-order chi connectivity index (χ1) is 10.2. The topological polar surface area (TPSA) is 85.0 Å². The molecule has 1 rings (SSSR count). The van der Waals surface area contributed by atoms with Crippen LogP contribution in [0, 0.1) is 0 Å². The monoisotopic (exact) mass is 384 g/mol. The standard InChI is InChI=1S/C10H32N4O4Si4/c1-9-21(17-5)12-19(7,15-3)11-20(8,16-4)13-22(10-2,14-21)18-6/h11-14H,9-10H2,1-8H3. The van der Waals surface area contributed by atoms with Crippen molar-refractivity contribution in [2.45, 2.75) is 39.0 Å². The van der Waals surface area contributed by atoms with Gasteiger partial charge in [0.25, 0.3) is 0 Å². The molecule has 4 unspecified atom stereocenters. The van der Waals surface area contributed by atoms with Gasteiger partial charge in [0.1, 0.15) is 0 Å². The number of nitrogens with one attached hydrogen (secondary N) is 4. The predicted molar refractivity (Wildman–Crippen MR) is 96.3 cm³/mol. The highest BCUT2D eigenvalue weighted by molar-refractivity contribution is 7.01. The second-order valence-corrected chi connectivity index (χ2v) is 20.2. The maximum Gasteiger partial charge on any atom is 0.343 e. The lowest BCUT2D eigenvalue weighted by Crippen LogP contribution is -2.92. The molecule has 1 aliphatic heterocycles. The van der Waals surface area contributed by atoms with Gasteiger partial charge >= 0.3 is 34.6 Å². The van der Waals surface area contributed by atoms with Crippen molar-refractivity contribution >= 4 is 34.6 Å². The second kappa shape index (κ2) is 7.62. The SMILES string of the molecule is CC[Si]1(OC)N[Si](C)(OC)N[Si](C)(OC)N[Si](CC)(OC)N1. The quantitative estimate of drug-likeness (QED) is 0.476. The van der Waals surface area contributed by atoms with Crippen molar-refractivity contribution in [1.82, 2.24) is 18.6 Å². The summed E-state index contributed by atoms with van der Waals surface area (Å²) in [6, 6.07) is 1.73. The molecule has 0 aromatic rings. The molecule has 0 radical (unpaired) electrons. The van der Waals surface area contributed by atoms with Crippen LogP contribution in [0.1, 0.15) is 13.8 Å². The molecule has 0 bridgehead atoms. The molecule has 0 aliphatic carbocycles. The molecule has 8 nitrogen and oxygen atoms in total. The average molecular weight is 385 g/mol. The minimum Gasteiger partial charge on any atom is -0.396 e. The molecule has 1 saturated heterocycles. The second-order valence-electron chi connectivity index (χ2n) is 5.74. The van der Waals surface area contributed by atoms with E-state index in [4.69, 9.17) is 17.7 Å². The summed E-state index contributed by atoms with van der Waals surface area (Å²) in [6.45, 7) is 8.42. The van der Waals surface area contributed by atoms with E-state index in [-0.39, 0.29) is 0 Å². The summed E-state index contributed by atoms with van der Waals surface area (Å²) < 4.78 is 38.3. The van der Waals surface area contributed by atoms with Crippen molar-refractivity contribution in [2.24, 2.45) is 0 Å². The van der Waals surface area contributed by atoms with Gasteiger partial charge in [0.05, 0.1) is 0 Å². The Bertz CT molecular complexity index is 343. The van der Waals surface area contributed by atoms with E-state index in [0.29, 0.717) is 0 Å². The maximum absolute atomic E-state index is 5.94. The molecule has 4 N–H and O–H groups in total. The van der Waals surface area contributed by atoms with E-state index in [9.17, 15) is 0 Å². The molecule has 132 valence electrons. The van der Waals surface area contributed by atoms with Crippen LogP contribution in [0.3, 0.4) is 0 Å². The van der Waals surface area contributed by atoms with Crippen LogP contribution in [-0.4, -0.2) is 63.0 Å². The van der Waals surface area contributed by atoms with Crippen molar-refractivity contribution in [3.8, 4) is 0 Å². The molecule has 1 aliphatic rings. The van der Waals surface area contributed by atoms with E-state index >= 15 is 0 Å². The average Bonchev–Trinajstić information content (AvgIpc) is 2.52. The van der Waals surface area contributed by atoms with Crippen LogP contribution in [0.15, 0.2) is 0 Å². The lowest BCUT2D eigenvalue weighted by molar-refractivity contribution is 0.320. The zero-order valence-corrected chi connectivity index (χ0v) is 19.0. The van der Waals surface area contributed by atoms with E-state index < -0.39 is 34.6 Å². The summed E-state index contributed by atoms with van der Waals surface area (Å²) in [5, 5.41) is 0. The Morgan fingerprint density at radius 3 is 1.18 bits per heavy atom. The Hall–Kier alpha value is 0.548. The summed E-state index contributed by atoms with van der Waals surface area (Å²) in [7, 11) is -2.66. The smallest absolute Gasteiger partial charge is 0.343 e. The first-order valence-electron chi connectivity index (χ1n) is 7.57. The molecule has 0 amide bonds. The number of hydrogen-bond acceptors (Lipinski definition) is 8. The first-order valence-corrected chi connectivity index (χ1v) is 16.6. The van der Waals surface area contributed by atoms with Gasteiger partial charge in [0.15, 0.2) is 0 Å². The summed E-state index contributed by atoms with van der Waals surface area (Å²) >= 11 is 0. The van der Waals surface area contributed by atoms with Crippen molar-refractivity contribution in [3.05, 3.63) is 0 Å². The zero-order valence-electron chi connectivity index (χ0n) is 15.0. The Morgan fingerprint density at radius 1 is 0.591 bits per heavy atom. The van der Waals surface area contributed by atoms with Gasteiger partial charge in [-0.15, -0.1) is 0 Å². The highest BCUT2D eigenvalue weighted by Crippen LogP contribution is 2.18. The van der Waals surface area contributed by atoms with E-state index in [2.05, 4.69) is 45.5 Å². The van der Waals surface area contributed by atoms with Gasteiger partial charge in [-0.05, 0) is 25.2 Å². The molecule has 4 atom stereocenters. The van der Waals surface area contributed by atoms with Crippen LogP contribution in [0.25, 0.3) is 0 Å². The Morgan fingerprint density at radius 2 is 0.955 bits per heavy atom. The lowest BCUT2D eigenvalue weighted by Gasteiger charge is -2.50. The fourth-order valence-corrected chi connectivity index (χ4v) is 25.1. The third-order valence-corrected chi connectivity index (χ3v) is 23.4. The fourth-order valence-electron chi connectivity index (χ4n) is 2.73. The van der Waals surface area contributed by atoms with E-state index in [1.807, 2.05) is 0 Å². The van der Waals surface area contributed by atoms with Crippen LogP contribution >= 0.6 is 0 Å². The molecule has 0 aromatic heterocycles. The fraction of sp³-hybridized carbons (Fsp3) is 1.00. The van der Waals surface area contributed by atoms with Gasteiger partial charge < -0.3 is 17.7 Å². The first kappa shape index (κ1) is 20.6. The van der Waals surface area contributed by atoms with E-state index in [1.54, 1.807) is 28.4 Å². The Labute approximate surface area is 138 Å². The highest BCUT2D eigenvalue weighted by atomic mass is 28.5.